The zero-order chi connectivity index (χ0) is 20.9. The molecule has 0 N–H and O–H groups in total. The maximum Gasteiger partial charge on any atom is 0.147 e. The predicted octanol–water partition coefficient (Wildman–Crippen LogP) is 5.09. The molecule has 5 aromatic rings. The number of para-hydroxylation sites is 2. The molecule has 0 aliphatic carbocycles. The molecule has 0 fully saturated rings. The highest BCUT2D eigenvalue weighted by atomic mass is 16.3. The molecule has 0 aliphatic rings. The molecule has 0 atom stereocenters. The average Bonchev–Trinajstić information content (AvgIpc) is 3.54. The minimum absolute atomic E-state index is 0.663. The van der Waals surface area contributed by atoms with Gasteiger partial charge in [-0.1, -0.05) is 36.4 Å². The predicted molar refractivity (Wildman–Crippen MR) is 119 cm³/mol. The first-order valence-electron chi connectivity index (χ1n) is 9.75. The Morgan fingerprint density at radius 3 is 2.06 bits per heavy atom. The molecular formula is C24H18N6O. The van der Waals surface area contributed by atoms with Gasteiger partial charge in [-0.15, -0.1) is 5.10 Å². The molecule has 0 radical (unpaired) electrons. The number of nitrogens with zero attached hydrogens (tertiary/aromatic N) is 6. The van der Waals surface area contributed by atoms with Crippen molar-refractivity contribution in [1.29, 1.82) is 0 Å². The Hall–Kier alpha value is -4.52. The van der Waals surface area contributed by atoms with E-state index in [1.54, 1.807) is 17.2 Å². The Morgan fingerprint density at radius 2 is 1.45 bits per heavy atom. The van der Waals surface area contributed by atoms with Gasteiger partial charge in [-0.2, -0.15) is 5.10 Å². The van der Waals surface area contributed by atoms with Gasteiger partial charge >= 0.3 is 0 Å². The van der Waals surface area contributed by atoms with Crippen molar-refractivity contribution in [2.24, 2.45) is 5.10 Å². The highest BCUT2D eigenvalue weighted by Gasteiger charge is 2.08. The van der Waals surface area contributed by atoms with Crippen molar-refractivity contribution < 1.29 is 4.42 Å². The van der Waals surface area contributed by atoms with Crippen molar-refractivity contribution >= 4 is 17.6 Å². The topological polar surface area (TPSA) is 72.3 Å². The van der Waals surface area contributed by atoms with Crippen LogP contribution in [0.2, 0.25) is 0 Å². The second kappa shape index (κ2) is 8.46. The molecule has 0 spiro atoms. The van der Waals surface area contributed by atoms with Gasteiger partial charge in [0.2, 0.25) is 0 Å². The van der Waals surface area contributed by atoms with Crippen LogP contribution in [0.5, 0.6) is 0 Å². The molecule has 0 bridgehead atoms. The van der Waals surface area contributed by atoms with Crippen LogP contribution in [0, 0.1) is 0 Å². The quantitative estimate of drug-likeness (QED) is 0.290. The monoisotopic (exact) mass is 406 g/mol. The number of hydrazone groups is 1. The van der Waals surface area contributed by atoms with Crippen molar-refractivity contribution in [3.05, 3.63) is 109 Å². The summed E-state index contributed by atoms with van der Waals surface area (Å²) in [6.45, 7) is 0. The van der Waals surface area contributed by atoms with Crippen LogP contribution in [0.3, 0.4) is 0 Å². The summed E-state index contributed by atoms with van der Waals surface area (Å²) in [5, 5.41) is 17.8. The van der Waals surface area contributed by atoms with E-state index in [-0.39, 0.29) is 0 Å². The number of rotatable bonds is 6. The van der Waals surface area contributed by atoms with Crippen molar-refractivity contribution in [2.75, 3.05) is 5.01 Å². The number of anilines is 2. The molecule has 2 aromatic heterocycles. The van der Waals surface area contributed by atoms with Gasteiger partial charge in [0.1, 0.15) is 17.8 Å². The smallest absolute Gasteiger partial charge is 0.147 e. The molecule has 5 rings (SSSR count). The van der Waals surface area contributed by atoms with E-state index in [4.69, 9.17) is 4.42 Å². The molecule has 7 nitrogen and oxygen atoms in total. The maximum atomic E-state index is 6.00. The van der Waals surface area contributed by atoms with E-state index in [0.29, 0.717) is 5.76 Å². The van der Waals surface area contributed by atoms with Crippen LogP contribution in [0.4, 0.5) is 11.4 Å². The molecular weight excluding hydrogens is 388 g/mol. The summed E-state index contributed by atoms with van der Waals surface area (Å²) in [4.78, 5) is 0. The summed E-state index contributed by atoms with van der Waals surface area (Å²) in [7, 11) is 0. The lowest BCUT2D eigenvalue weighted by Gasteiger charge is -2.18. The lowest BCUT2D eigenvalue weighted by Crippen LogP contribution is -2.08. The largest absolute Gasteiger partial charge is 0.455 e. The molecule has 3 aromatic carbocycles. The van der Waals surface area contributed by atoms with E-state index in [1.165, 1.54) is 0 Å². The van der Waals surface area contributed by atoms with Gasteiger partial charge in [-0.3, -0.25) is 0 Å². The molecule has 7 heteroatoms. The molecule has 0 amide bonds. The Bertz CT molecular complexity index is 1220. The van der Waals surface area contributed by atoms with Crippen LogP contribution in [-0.4, -0.2) is 26.4 Å². The molecule has 31 heavy (non-hydrogen) atoms. The van der Waals surface area contributed by atoms with Gasteiger partial charge < -0.3 is 4.42 Å². The van der Waals surface area contributed by atoms with E-state index in [2.05, 4.69) is 20.6 Å². The van der Waals surface area contributed by atoms with Crippen molar-refractivity contribution in [2.45, 2.75) is 0 Å². The van der Waals surface area contributed by atoms with Crippen LogP contribution in [0.15, 0.2) is 113 Å². The van der Waals surface area contributed by atoms with Gasteiger partial charge in [0, 0.05) is 5.56 Å². The second-order valence-corrected chi connectivity index (χ2v) is 6.73. The van der Waals surface area contributed by atoms with Crippen LogP contribution in [0.25, 0.3) is 17.0 Å². The first-order valence-corrected chi connectivity index (χ1v) is 9.75. The van der Waals surface area contributed by atoms with Crippen LogP contribution in [-0.2, 0) is 0 Å². The van der Waals surface area contributed by atoms with E-state index in [0.717, 1.165) is 28.4 Å². The molecule has 0 saturated heterocycles. The van der Waals surface area contributed by atoms with Gasteiger partial charge in [0.15, 0.2) is 0 Å². The minimum Gasteiger partial charge on any atom is -0.455 e. The highest BCUT2D eigenvalue weighted by Crippen LogP contribution is 2.26. The zero-order valence-corrected chi connectivity index (χ0v) is 16.5. The number of benzene rings is 3. The fourth-order valence-corrected chi connectivity index (χ4v) is 3.17. The van der Waals surface area contributed by atoms with Gasteiger partial charge in [0.05, 0.1) is 23.3 Å². The number of tetrazole rings is 1. The summed E-state index contributed by atoms with van der Waals surface area (Å²) in [6, 6.07) is 31.7. The fourth-order valence-electron chi connectivity index (χ4n) is 3.17. The summed E-state index contributed by atoms with van der Waals surface area (Å²) >= 11 is 0. The van der Waals surface area contributed by atoms with E-state index < -0.39 is 0 Å². The fraction of sp³-hybridized carbons (Fsp3) is 0. The van der Waals surface area contributed by atoms with E-state index >= 15 is 0 Å². The lowest BCUT2D eigenvalue weighted by molar-refractivity contribution is 0.575. The van der Waals surface area contributed by atoms with Gasteiger partial charge in [-0.05, 0) is 71.1 Å². The molecule has 150 valence electrons. The highest BCUT2D eigenvalue weighted by molar-refractivity contribution is 5.80. The standard InChI is InChI=1S/C24H18N6O/c1-3-7-21(8-4-1)30(22-9-5-2-6-10-22)26-17-23-15-16-24(31-23)19-11-13-20(14-12-19)29-18-25-27-28-29/h1-18H. The first-order chi connectivity index (χ1) is 15.4. The van der Waals surface area contributed by atoms with E-state index in [9.17, 15) is 0 Å². The third-order valence-electron chi connectivity index (χ3n) is 4.69. The van der Waals surface area contributed by atoms with Crippen LogP contribution < -0.4 is 5.01 Å². The van der Waals surface area contributed by atoms with Crippen LogP contribution in [0.1, 0.15) is 5.76 Å². The number of hydrogen-bond acceptors (Lipinski definition) is 6. The van der Waals surface area contributed by atoms with Gasteiger partial charge in [-0.25, -0.2) is 9.69 Å². The number of furan rings is 1. The Kier molecular flexibility index (Phi) is 5.05. The maximum absolute atomic E-state index is 6.00. The molecule has 0 aliphatic heterocycles. The van der Waals surface area contributed by atoms with Crippen LogP contribution >= 0.6 is 0 Å². The Balaban J connectivity index is 1.39. The van der Waals surface area contributed by atoms with Crippen molar-refractivity contribution in [3.63, 3.8) is 0 Å². The van der Waals surface area contributed by atoms with Crippen molar-refractivity contribution in [1.82, 2.24) is 20.2 Å². The lowest BCUT2D eigenvalue weighted by atomic mass is 10.1. The zero-order valence-electron chi connectivity index (χ0n) is 16.5. The minimum atomic E-state index is 0.663. The summed E-state index contributed by atoms with van der Waals surface area (Å²) in [5.74, 6) is 1.42. The third kappa shape index (κ3) is 4.11. The molecule has 0 unspecified atom stereocenters. The van der Waals surface area contributed by atoms with Gasteiger partial charge in [0.25, 0.3) is 0 Å². The Labute approximate surface area is 178 Å². The summed E-state index contributed by atoms with van der Waals surface area (Å²) in [5.41, 5.74) is 3.77. The third-order valence-corrected chi connectivity index (χ3v) is 4.69. The average molecular weight is 406 g/mol. The Morgan fingerprint density at radius 1 is 0.774 bits per heavy atom. The van der Waals surface area contributed by atoms with E-state index in [1.807, 2.05) is 102 Å². The first kappa shape index (κ1) is 18.5. The summed E-state index contributed by atoms with van der Waals surface area (Å²) in [6.07, 6.45) is 3.28. The number of hydrogen-bond donors (Lipinski definition) is 0. The second-order valence-electron chi connectivity index (χ2n) is 6.73. The molecule has 0 saturated carbocycles. The molecule has 2 heterocycles. The SMILES string of the molecule is C(=NN(c1ccccc1)c1ccccc1)c1ccc(-c2ccc(-n3cnnn3)cc2)o1. The van der Waals surface area contributed by atoms with Crippen molar-refractivity contribution in [3.8, 4) is 17.0 Å². The normalized spacial score (nSPS) is 11.1. The number of aromatic nitrogens is 4. The summed E-state index contributed by atoms with van der Waals surface area (Å²) < 4.78 is 7.60.